The van der Waals surface area contributed by atoms with E-state index < -0.39 is 4.92 Å². The zero-order valence-corrected chi connectivity index (χ0v) is 12.1. The van der Waals surface area contributed by atoms with Crippen LogP contribution in [0.2, 0.25) is 0 Å². The fraction of sp³-hybridized carbons (Fsp3) is 0.143. The number of thiazole rings is 1. The summed E-state index contributed by atoms with van der Waals surface area (Å²) in [6.07, 6.45) is 3.41. The molecule has 2 aromatic heterocycles. The molecule has 0 unspecified atom stereocenters. The minimum Gasteiger partial charge on any atom is -0.379 e. The number of hydrogen-bond donors (Lipinski definition) is 1. The molecule has 0 bridgehead atoms. The molecular weight excluding hydrogens is 288 g/mol. The average molecular weight is 300 g/mol. The molecule has 0 radical (unpaired) electrons. The van der Waals surface area contributed by atoms with Crippen molar-refractivity contribution in [3.63, 3.8) is 0 Å². The van der Waals surface area contributed by atoms with Crippen LogP contribution in [0.5, 0.6) is 0 Å². The lowest BCUT2D eigenvalue weighted by atomic mass is 10.1. The molecule has 0 saturated carbocycles. The van der Waals surface area contributed by atoms with Crippen molar-refractivity contribution in [2.24, 2.45) is 0 Å². The van der Waals surface area contributed by atoms with Gasteiger partial charge in [0.15, 0.2) is 0 Å². The average Bonchev–Trinajstić information content (AvgIpc) is 2.90. The van der Waals surface area contributed by atoms with Gasteiger partial charge in [0.05, 0.1) is 16.5 Å². The van der Waals surface area contributed by atoms with Crippen LogP contribution in [-0.2, 0) is 6.54 Å². The molecule has 1 N–H and O–H groups in total. The summed E-state index contributed by atoms with van der Waals surface area (Å²) in [4.78, 5) is 20.1. The summed E-state index contributed by atoms with van der Waals surface area (Å²) in [5.74, 6) is 0. The molecule has 0 spiro atoms. The fourth-order valence-corrected chi connectivity index (χ4v) is 2.87. The first kappa shape index (κ1) is 13.4. The summed E-state index contributed by atoms with van der Waals surface area (Å²) < 4.78 is 0. The summed E-state index contributed by atoms with van der Waals surface area (Å²) >= 11 is 1.62. The van der Waals surface area contributed by atoms with Gasteiger partial charge in [-0.2, -0.15) is 0 Å². The molecule has 0 aliphatic rings. The van der Waals surface area contributed by atoms with Crippen LogP contribution in [-0.4, -0.2) is 14.9 Å². The first-order chi connectivity index (χ1) is 10.1. The zero-order chi connectivity index (χ0) is 14.8. The molecule has 0 aliphatic heterocycles. The molecule has 0 saturated heterocycles. The molecule has 3 aromatic rings. The van der Waals surface area contributed by atoms with Crippen LogP contribution < -0.4 is 5.32 Å². The van der Waals surface area contributed by atoms with E-state index in [0.717, 1.165) is 21.0 Å². The van der Waals surface area contributed by atoms with E-state index >= 15 is 0 Å². The van der Waals surface area contributed by atoms with E-state index in [4.69, 9.17) is 0 Å². The number of nitro groups is 1. The van der Waals surface area contributed by atoms with Crippen molar-refractivity contribution in [2.45, 2.75) is 13.5 Å². The van der Waals surface area contributed by atoms with Crippen molar-refractivity contribution in [1.82, 2.24) is 9.97 Å². The Balaban J connectivity index is 1.95. The molecule has 0 fully saturated rings. The third-order valence-electron chi connectivity index (χ3n) is 3.07. The van der Waals surface area contributed by atoms with Crippen LogP contribution in [0.25, 0.3) is 10.9 Å². The number of pyridine rings is 1. The van der Waals surface area contributed by atoms with Gasteiger partial charge in [-0.15, -0.1) is 11.3 Å². The molecule has 1 aromatic carbocycles. The molecule has 6 nitrogen and oxygen atoms in total. The van der Waals surface area contributed by atoms with E-state index in [2.05, 4.69) is 15.3 Å². The smallest absolute Gasteiger partial charge is 0.295 e. The monoisotopic (exact) mass is 300 g/mol. The number of para-hydroxylation sites is 1. The minimum atomic E-state index is -0.411. The Bertz CT molecular complexity index is 816. The van der Waals surface area contributed by atoms with Gasteiger partial charge < -0.3 is 5.32 Å². The van der Waals surface area contributed by atoms with Crippen LogP contribution >= 0.6 is 11.3 Å². The first-order valence-electron chi connectivity index (χ1n) is 6.32. The van der Waals surface area contributed by atoms with E-state index in [1.807, 2.05) is 25.3 Å². The molecule has 3 rings (SSSR count). The Morgan fingerprint density at radius 3 is 2.90 bits per heavy atom. The molecule has 0 aliphatic carbocycles. The number of nitrogens with one attached hydrogen (secondary N) is 1. The second-order valence-corrected chi connectivity index (χ2v) is 5.81. The second kappa shape index (κ2) is 5.45. The number of non-ortho nitro benzene ring substituents is 1. The van der Waals surface area contributed by atoms with E-state index in [9.17, 15) is 10.1 Å². The summed E-state index contributed by atoms with van der Waals surface area (Å²) in [6, 6.07) is 6.78. The predicted octanol–water partition coefficient (Wildman–Crippen LogP) is 3.52. The Morgan fingerprint density at radius 1 is 1.33 bits per heavy atom. The Hall–Kier alpha value is -2.54. The van der Waals surface area contributed by atoms with Gasteiger partial charge in [0, 0.05) is 34.4 Å². The third kappa shape index (κ3) is 2.68. The van der Waals surface area contributed by atoms with Gasteiger partial charge in [-0.1, -0.05) is 12.1 Å². The Labute approximate surface area is 124 Å². The summed E-state index contributed by atoms with van der Waals surface area (Å²) in [5.41, 5.74) is 1.24. The molecule has 106 valence electrons. The summed E-state index contributed by atoms with van der Waals surface area (Å²) in [7, 11) is 0. The predicted molar refractivity (Wildman–Crippen MR) is 82.6 cm³/mol. The summed E-state index contributed by atoms with van der Waals surface area (Å²) in [5, 5.41) is 16.1. The lowest BCUT2D eigenvalue weighted by Crippen LogP contribution is -1.99. The van der Waals surface area contributed by atoms with E-state index in [1.54, 1.807) is 23.6 Å². The quantitative estimate of drug-likeness (QED) is 0.589. The maximum Gasteiger partial charge on any atom is 0.295 e. The van der Waals surface area contributed by atoms with Crippen molar-refractivity contribution >= 4 is 33.6 Å². The molecular formula is C14H12N4O2S. The number of aryl methyl sites for hydroxylation is 1. The van der Waals surface area contributed by atoms with Gasteiger partial charge in [-0.25, -0.2) is 9.97 Å². The van der Waals surface area contributed by atoms with Crippen LogP contribution in [0.4, 0.5) is 11.4 Å². The maximum atomic E-state index is 11.0. The number of nitro benzene ring substituents is 1. The Morgan fingerprint density at radius 2 is 2.19 bits per heavy atom. The van der Waals surface area contributed by atoms with Gasteiger partial charge in [-0.3, -0.25) is 10.1 Å². The highest BCUT2D eigenvalue weighted by atomic mass is 32.1. The van der Waals surface area contributed by atoms with E-state index in [1.165, 1.54) is 6.07 Å². The number of fused-ring (bicyclic) bond motifs is 1. The number of aromatic nitrogens is 2. The first-order valence-corrected chi connectivity index (χ1v) is 7.14. The van der Waals surface area contributed by atoms with E-state index in [0.29, 0.717) is 12.1 Å². The number of nitrogens with zero attached hydrogens (tertiary/aromatic N) is 3. The minimum absolute atomic E-state index is 0.0183. The topological polar surface area (TPSA) is 81.0 Å². The number of benzene rings is 1. The van der Waals surface area contributed by atoms with Crippen molar-refractivity contribution in [3.05, 3.63) is 56.7 Å². The van der Waals surface area contributed by atoms with Crippen LogP contribution in [0.1, 0.15) is 9.88 Å². The SMILES string of the molecule is Cc1ncc(CNc2ccnc3c([N+](=O)[O-])cccc23)s1. The van der Waals surface area contributed by atoms with Crippen LogP contribution in [0, 0.1) is 17.0 Å². The molecule has 0 atom stereocenters. The maximum absolute atomic E-state index is 11.0. The lowest BCUT2D eigenvalue weighted by molar-refractivity contribution is -0.383. The Kier molecular flexibility index (Phi) is 3.49. The van der Waals surface area contributed by atoms with Crippen molar-refractivity contribution in [2.75, 3.05) is 5.32 Å². The van der Waals surface area contributed by atoms with Gasteiger partial charge in [0.2, 0.25) is 0 Å². The van der Waals surface area contributed by atoms with Crippen molar-refractivity contribution in [3.8, 4) is 0 Å². The number of anilines is 1. The standard InChI is InChI=1S/C14H12N4O2S/c1-9-16-7-10(21-9)8-17-12-5-6-15-14-11(12)3-2-4-13(14)18(19)20/h2-7H,8H2,1H3,(H,15,17). The molecule has 2 heterocycles. The van der Waals surface area contributed by atoms with Gasteiger partial charge >= 0.3 is 0 Å². The summed E-state index contributed by atoms with van der Waals surface area (Å²) in [6.45, 7) is 2.59. The molecule has 0 amide bonds. The highest BCUT2D eigenvalue weighted by molar-refractivity contribution is 7.11. The highest BCUT2D eigenvalue weighted by Gasteiger charge is 2.14. The largest absolute Gasteiger partial charge is 0.379 e. The highest BCUT2D eigenvalue weighted by Crippen LogP contribution is 2.29. The third-order valence-corrected chi connectivity index (χ3v) is 3.98. The zero-order valence-electron chi connectivity index (χ0n) is 11.2. The van der Waals surface area contributed by atoms with E-state index in [-0.39, 0.29) is 5.69 Å². The van der Waals surface area contributed by atoms with Crippen molar-refractivity contribution < 1.29 is 4.92 Å². The fourth-order valence-electron chi connectivity index (χ4n) is 2.13. The lowest BCUT2D eigenvalue weighted by Gasteiger charge is -2.08. The second-order valence-electron chi connectivity index (χ2n) is 4.49. The van der Waals surface area contributed by atoms with Gasteiger partial charge in [-0.05, 0) is 13.0 Å². The molecule has 21 heavy (non-hydrogen) atoms. The van der Waals surface area contributed by atoms with Crippen molar-refractivity contribution in [1.29, 1.82) is 0 Å². The van der Waals surface area contributed by atoms with Crippen LogP contribution in [0.3, 0.4) is 0 Å². The number of hydrogen-bond acceptors (Lipinski definition) is 6. The number of rotatable bonds is 4. The molecule has 7 heteroatoms. The van der Waals surface area contributed by atoms with Gasteiger partial charge in [0.1, 0.15) is 5.52 Å². The van der Waals surface area contributed by atoms with Crippen LogP contribution in [0.15, 0.2) is 36.7 Å². The normalized spacial score (nSPS) is 10.7. The van der Waals surface area contributed by atoms with Gasteiger partial charge in [0.25, 0.3) is 5.69 Å².